The maximum Gasteiger partial charge on any atom is 0.336 e. The highest BCUT2D eigenvalue weighted by Gasteiger charge is 2.75. The second-order valence-electron chi connectivity index (χ2n) is 5.94. The molecule has 2 aliphatic heterocycles. The van der Waals surface area contributed by atoms with Crippen molar-refractivity contribution in [2.24, 2.45) is 11.8 Å². The average molecular weight is 249 g/mol. The van der Waals surface area contributed by atoms with E-state index in [1.807, 2.05) is 13.8 Å². The second-order valence-corrected chi connectivity index (χ2v) is 5.94. The highest BCUT2D eigenvalue weighted by molar-refractivity contribution is 6.01. The van der Waals surface area contributed by atoms with Crippen LogP contribution < -0.4 is 5.32 Å². The largest absolute Gasteiger partial charge is 0.454 e. The molecule has 2 heterocycles. The van der Waals surface area contributed by atoms with E-state index < -0.39 is 11.1 Å². The molecule has 0 bridgehead atoms. The Kier molecular flexibility index (Phi) is 2.34. The Morgan fingerprint density at radius 2 is 2.28 bits per heavy atom. The number of hydrogen-bond donors (Lipinski definition) is 1. The van der Waals surface area contributed by atoms with Gasteiger partial charge < -0.3 is 10.1 Å². The summed E-state index contributed by atoms with van der Waals surface area (Å²) >= 11 is 0. The Morgan fingerprint density at radius 1 is 1.50 bits per heavy atom. The van der Waals surface area contributed by atoms with Gasteiger partial charge in [0, 0.05) is 0 Å². The number of hydrogen-bond acceptors (Lipinski definition) is 3. The standard InChI is InChI=1S/C14H19NO3/c1-9-11(16)15-14(12(17)18-13(9,14)2)8-10-6-4-3-5-7-10/h4,6,9-10H,3,5,7-8H2,1-2H3,(H,15,16). The lowest BCUT2D eigenvalue weighted by atomic mass is 9.67. The first-order valence-corrected chi connectivity index (χ1v) is 6.72. The van der Waals surface area contributed by atoms with Crippen LogP contribution in [0.25, 0.3) is 0 Å². The van der Waals surface area contributed by atoms with Crippen LogP contribution in [0.5, 0.6) is 0 Å². The summed E-state index contributed by atoms with van der Waals surface area (Å²) in [6.45, 7) is 3.71. The Balaban J connectivity index is 1.88. The van der Waals surface area contributed by atoms with Crippen LogP contribution in [0.3, 0.4) is 0 Å². The number of fused-ring (bicyclic) bond motifs is 1. The SMILES string of the molecule is CC1C(=O)NC2(CC3C=CCCC3)C(=O)OC12C. The van der Waals surface area contributed by atoms with Gasteiger partial charge in [0.05, 0.1) is 5.92 Å². The lowest BCUT2D eigenvalue weighted by Gasteiger charge is -2.52. The van der Waals surface area contributed by atoms with Gasteiger partial charge >= 0.3 is 5.97 Å². The first kappa shape index (κ1) is 11.8. The topological polar surface area (TPSA) is 55.4 Å². The minimum absolute atomic E-state index is 0.0665. The van der Waals surface area contributed by atoms with E-state index in [1.54, 1.807) is 0 Å². The molecule has 4 nitrogen and oxygen atoms in total. The fraction of sp³-hybridized carbons (Fsp3) is 0.714. The van der Waals surface area contributed by atoms with Gasteiger partial charge in [0.2, 0.25) is 5.91 Å². The number of carbonyl (C=O) groups excluding carboxylic acids is 2. The van der Waals surface area contributed by atoms with Crippen LogP contribution in [-0.2, 0) is 14.3 Å². The third-order valence-electron chi connectivity index (χ3n) is 4.98. The number of amides is 1. The Labute approximate surface area is 107 Å². The number of carbonyl (C=O) groups is 2. The molecular weight excluding hydrogens is 230 g/mol. The van der Waals surface area contributed by atoms with Crippen molar-refractivity contribution in [1.82, 2.24) is 5.32 Å². The molecule has 2 saturated heterocycles. The van der Waals surface area contributed by atoms with Crippen LogP contribution in [0.1, 0.15) is 39.5 Å². The second kappa shape index (κ2) is 3.59. The smallest absolute Gasteiger partial charge is 0.336 e. The van der Waals surface area contributed by atoms with E-state index in [0.717, 1.165) is 19.3 Å². The average Bonchev–Trinajstić information content (AvgIpc) is 2.50. The Bertz CT molecular complexity index is 444. The summed E-state index contributed by atoms with van der Waals surface area (Å²) < 4.78 is 5.33. The van der Waals surface area contributed by atoms with Crippen molar-refractivity contribution >= 4 is 11.9 Å². The van der Waals surface area contributed by atoms with Crippen molar-refractivity contribution in [2.45, 2.75) is 50.7 Å². The van der Waals surface area contributed by atoms with E-state index in [4.69, 9.17) is 4.74 Å². The van der Waals surface area contributed by atoms with Crippen LogP contribution >= 0.6 is 0 Å². The molecular formula is C14H19NO3. The zero-order chi connectivity index (χ0) is 13.0. The highest BCUT2D eigenvalue weighted by atomic mass is 16.6. The van der Waals surface area contributed by atoms with E-state index in [0.29, 0.717) is 12.3 Å². The van der Waals surface area contributed by atoms with Gasteiger partial charge in [-0.3, -0.25) is 4.79 Å². The molecule has 4 atom stereocenters. The van der Waals surface area contributed by atoms with Gasteiger partial charge in [-0.25, -0.2) is 4.79 Å². The molecule has 1 N–H and O–H groups in total. The fourth-order valence-corrected chi connectivity index (χ4v) is 3.51. The first-order valence-electron chi connectivity index (χ1n) is 6.72. The van der Waals surface area contributed by atoms with Crippen LogP contribution in [-0.4, -0.2) is 23.0 Å². The summed E-state index contributed by atoms with van der Waals surface area (Å²) in [7, 11) is 0. The van der Waals surface area contributed by atoms with Crippen molar-refractivity contribution in [2.75, 3.05) is 0 Å². The van der Waals surface area contributed by atoms with Gasteiger partial charge in [0.25, 0.3) is 0 Å². The quantitative estimate of drug-likeness (QED) is 0.597. The molecule has 3 rings (SSSR count). The van der Waals surface area contributed by atoms with E-state index in [-0.39, 0.29) is 17.8 Å². The van der Waals surface area contributed by atoms with Crippen LogP contribution in [0.2, 0.25) is 0 Å². The molecule has 0 radical (unpaired) electrons. The molecule has 1 aliphatic carbocycles. The molecule has 0 saturated carbocycles. The number of rotatable bonds is 2. The van der Waals surface area contributed by atoms with Gasteiger partial charge in [0.1, 0.15) is 0 Å². The van der Waals surface area contributed by atoms with E-state index >= 15 is 0 Å². The number of esters is 1. The van der Waals surface area contributed by atoms with E-state index in [1.165, 1.54) is 0 Å². The third-order valence-corrected chi connectivity index (χ3v) is 4.98. The molecule has 0 aromatic carbocycles. The molecule has 2 fully saturated rings. The van der Waals surface area contributed by atoms with Crippen LogP contribution in [0, 0.1) is 11.8 Å². The molecule has 0 aromatic heterocycles. The lowest BCUT2D eigenvalue weighted by Crippen LogP contribution is -2.74. The summed E-state index contributed by atoms with van der Waals surface area (Å²) in [4.78, 5) is 23.8. The molecule has 0 aromatic rings. The number of nitrogens with one attached hydrogen (secondary N) is 1. The van der Waals surface area contributed by atoms with Gasteiger partial charge in [-0.1, -0.05) is 12.2 Å². The van der Waals surface area contributed by atoms with Crippen molar-refractivity contribution in [3.8, 4) is 0 Å². The molecule has 98 valence electrons. The molecule has 18 heavy (non-hydrogen) atoms. The Hall–Kier alpha value is -1.32. The van der Waals surface area contributed by atoms with Crippen molar-refractivity contribution in [3.63, 3.8) is 0 Å². The van der Waals surface area contributed by atoms with Gasteiger partial charge in [-0.05, 0) is 45.4 Å². The number of ether oxygens (including phenoxy) is 1. The summed E-state index contributed by atoms with van der Waals surface area (Å²) in [5, 5.41) is 2.91. The van der Waals surface area contributed by atoms with Gasteiger partial charge in [-0.2, -0.15) is 0 Å². The fourth-order valence-electron chi connectivity index (χ4n) is 3.51. The Morgan fingerprint density at radius 3 is 2.83 bits per heavy atom. The highest BCUT2D eigenvalue weighted by Crippen LogP contribution is 2.52. The van der Waals surface area contributed by atoms with Crippen molar-refractivity contribution in [3.05, 3.63) is 12.2 Å². The van der Waals surface area contributed by atoms with Gasteiger partial charge in [-0.15, -0.1) is 0 Å². The molecule has 4 heteroatoms. The van der Waals surface area contributed by atoms with Gasteiger partial charge in [0.15, 0.2) is 11.1 Å². The number of allylic oxidation sites excluding steroid dienone is 2. The lowest BCUT2D eigenvalue weighted by molar-refractivity contribution is -0.220. The summed E-state index contributed by atoms with van der Waals surface area (Å²) in [5.74, 6) is -0.218. The molecule has 1 amide bonds. The maximum atomic E-state index is 11.9. The monoisotopic (exact) mass is 249 g/mol. The van der Waals surface area contributed by atoms with Crippen LogP contribution in [0.15, 0.2) is 12.2 Å². The zero-order valence-corrected chi connectivity index (χ0v) is 10.9. The van der Waals surface area contributed by atoms with E-state index in [9.17, 15) is 9.59 Å². The van der Waals surface area contributed by atoms with Crippen molar-refractivity contribution < 1.29 is 14.3 Å². The summed E-state index contributed by atoms with van der Waals surface area (Å²) in [6, 6.07) is 0. The normalized spacial score (nSPS) is 46.1. The third kappa shape index (κ3) is 1.26. The predicted octanol–water partition coefficient (Wildman–Crippen LogP) is 1.55. The zero-order valence-electron chi connectivity index (χ0n) is 10.9. The van der Waals surface area contributed by atoms with Crippen LogP contribution in [0.4, 0.5) is 0 Å². The molecule has 0 spiro atoms. The minimum atomic E-state index is -0.782. The molecule has 3 aliphatic rings. The van der Waals surface area contributed by atoms with Crippen molar-refractivity contribution in [1.29, 1.82) is 0 Å². The van der Waals surface area contributed by atoms with E-state index in [2.05, 4.69) is 17.5 Å². The summed E-state index contributed by atoms with van der Waals surface area (Å²) in [6.07, 6.45) is 8.40. The maximum absolute atomic E-state index is 11.9. The minimum Gasteiger partial charge on any atom is -0.454 e. The first-order chi connectivity index (χ1) is 8.49. The summed E-state index contributed by atoms with van der Waals surface area (Å²) in [5.41, 5.74) is -1.44. The molecule has 4 unspecified atom stereocenters. The predicted molar refractivity (Wildman–Crippen MR) is 65.6 cm³/mol.